The lowest BCUT2D eigenvalue weighted by Crippen LogP contribution is -2.16. The molecule has 0 bridgehead atoms. The molecule has 0 spiro atoms. The van der Waals surface area contributed by atoms with E-state index in [1.807, 2.05) is 0 Å². The molecule has 9 nitrogen and oxygen atoms in total. The van der Waals surface area contributed by atoms with Gasteiger partial charge in [0.05, 0.1) is 37.6 Å². The van der Waals surface area contributed by atoms with E-state index in [0.717, 1.165) is 5.56 Å². The Morgan fingerprint density at radius 1 is 1.00 bits per heavy atom. The number of halogens is 1. The van der Waals surface area contributed by atoms with E-state index < -0.39 is 17.8 Å². The fourth-order valence-corrected chi connectivity index (χ4v) is 2.86. The zero-order valence-corrected chi connectivity index (χ0v) is 17.0. The van der Waals surface area contributed by atoms with Gasteiger partial charge in [0.1, 0.15) is 5.82 Å². The molecule has 1 amide bonds. The van der Waals surface area contributed by atoms with Gasteiger partial charge in [0.25, 0.3) is 5.91 Å². The van der Waals surface area contributed by atoms with Gasteiger partial charge in [0, 0.05) is 5.69 Å². The standard InChI is InChI=1S/C21H19FN4O5/c1-12-18(24-25-26(12)11-13-4-6-14(22)7-5-13)19(27)23-15-8-9-16(20(28)30-2)17(10-15)21(29)31-3/h4-10H,11H2,1-3H3,(H,23,27). The summed E-state index contributed by atoms with van der Waals surface area (Å²) < 4.78 is 23.9. The quantitative estimate of drug-likeness (QED) is 0.603. The number of ether oxygens (including phenoxy) is 2. The molecule has 0 saturated carbocycles. The van der Waals surface area contributed by atoms with E-state index in [0.29, 0.717) is 12.2 Å². The largest absolute Gasteiger partial charge is 0.465 e. The van der Waals surface area contributed by atoms with Gasteiger partial charge in [0.2, 0.25) is 0 Å². The highest BCUT2D eigenvalue weighted by atomic mass is 19.1. The first-order valence-corrected chi connectivity index (χ1v) is 9.10. The number of aromatic nitrogens is 3. The molecule has 1 aromatic heterocycles. The number of carbonyl (C=O) groups is 3. The molecule has 2 aromatic carbocycles. The van der Waals surface area contributed by atoms with Crippen molar-refractivity contribution in [3.8, 4) is 0 Å². The fraction of sp³-hybridized carbons (Fsp3) is 0.190. The van der Waals surface area contributed by atoms with Crippen LogP contribution in [0.5, 0.6) is 0 Å². The van der Waals surface area contributed by atoms with Crippen LogP contribution in [0.1, 0.15) is 42.5 Å². The second kappa shape index (κ2) is 9.16. The Labute approximate surface area is 176 Å². The zero-order valence-electron chi connectivity index (χ0n) is 17.0. The molecule has 3 aromatic rings. The Bertz CT molecular complexity index is 1140. The number of amides is 1. The summed E-state index contributed by atoms with van der Waals surface area (Å²) in [6.07, 6.45) is 0. The van der Waals surface area contributed by atoms with Gasteiger partial charge < -0.3 is 14.8 Å². The van der Waals surface area contributed by atoms with Crippen molar-refractivity contribution in [1.29, 1.82) is 0 Å². The summed E-state index contributed by atoms with van der Waals surface area (Å²) in [6, 6.07) is 10.0. The Hall–Kier alpha value is -4.08. The number of nitrogens with zero attached hydrogens (tertiary/aromatic N) is 3. The SMILES string of the molecule is COC(=O)c1ccc(NC(=O)c2nnn(Cc3ccc(F)cc3)c2C)cc1C(=O)OC. The van der Waals surface area contributed by atoms with Crippen molar-refractivity contribution < 1.29 is 28.2 Å². The molecule has 1 N–H and O–H groups in total. The van der Waals surface area contributed by atoms with E-state index in [1.54, 1.807) is 19.1 Å². The minimum absolute atomic E-state index is 0.00812. The molecule has 160 valence electrons. The van der Waals surface area contributed by atoms with Crippen LogP contribution in [0.4, 0.5) is 10.1 Å². The van der Waals surface area contributed by atoms with Gasteiger partial charge in [0.15, 0.2) is 5.69 Å². The summed E-state index contributed by atoms with van der Waals surface area (Å²) in [5.41, 5.74) is 1.59. The van der Waals surface area contributed by atoms with Gasteiger partial charge in [-0.3, -0.25) is 4.79 Å². The Morgan fingerprint density at radius 2 is 1.65 bits per heavy atom. The van der Waals surface area contributed by atoms with E-state index in [1.165, 1.54) is 49.2 Å². The first-order chi connectivity index (χ1) is 14.8. The lowest BCUT2D eigenvalue weighted by Gasteiger charge is -2.10. The van der Waals surface area contributed by atoms with Crippen LogP contribution in [0.15, 0.2) is 42.5 Å². The third kappa shape index (κ3) is 4.74. The lowest BCUT2D eigenvalue weighted by molar-refractivity contribution is 0.0555. The van der Waals surface area contributed by atoms with Crippen LogP contribution < -0.4 is 5.32 Å². The molecular formula is C21H19FN4O5. The third-order valence-electron chi connectivity index (χ3n) is 4.53. The highest BCUT2D eigenvalue weighted by molar-refractivity contribution is 6.07. The Kier molecular flexibility index (Phi) is 6.39. The maximum Gasteiger partial charge on any atom is 0.338 e. The normalized spacial score (nSPS) is 10.5. The van der Waals surface area contributed by atoms with Crippen molar-refractivity contribution in [3.63, 3.8) is 0 Å². The van der Waals surface area contributed by atoms with Crippen LogP contribution in [-0.2, 0) is 16.0 Å². The van der Waals surface area contributed by atoms with E-state index in [4.69, 9.17) is 4.74 Å². The number of hydrogen-bond donors (Lipinski definition) is 1. The molecule has 0 saturated heterocycles. The first kappa shape index (κ1) is 21.6. The van der Waals surface area contributed by atoms with Crippen molar-refractivity contribution in [3.05, 3.63) is 76.4 Å². The topological polar surface area (TPSA) is 112 Å². The molecule has 0 aliphatic heterocycles. The summed E-state index contributed by atoms with van der Waals surface area (Å²) in [6.45, 7) is 1.99. The maximum atomic E-state index is 13.1. The minimum Gasteiger partial charge on any atom is -0.465 e. The van der Waals surface area contributed by atoms with Crippen LogP contribution in [0, 0.1) is 12.7 Å². The number of nitrogens with one attached hydrogen (secondary N) is 1. The average molecular weight is 426 g/mol. The van der Waals surface area contributed by atoms with E-state index >= 15 is 0 Å². The van der Waals surface area contributed by atoms with Gasteiger partial charge in [-0.15, -0.1) is 5.10 Å². The van der Waals surface area contributed by atoms with E-state index in [2.05, 4.69) is 20.4 Å². The predicted molar refractivity (Wildman–Crippen MR) is 107 cm³/mol. The number of anilines is 1. The summed E-state index contributed by atoms with van der Waals surface area (Å²) in [5.74, 6) is -2.36. The fourth-order valence-electron chi connectivity index (χ4n) is 2.86. The number of hydrogen-bond acceptors (Lipinski definition) is 7. The number of rotatable bonds is 6. The number of methoxy groups -OCH3 is 2. The molecule has 0 unspecified atom stereocenters. The zero-order chi connectivity index (χ0) is 22.5. The Morgan fingerprint density at radius 3 is 2.29 bits per heavy atom. The first-order valence-electron chi connectivity index (χ1n) is 9.10. The molecule has 10 heteroatoms. The van der Waals surface area contributed by atoms with Crippen LogP contribution in [-0.4, -0.2) is 47.1 Å². The van der Waals surface area contributed by atoms with Crippen molar-refractivity contribution >= 4 is 23.5 Å². The molecule has 1 heterocycles. The smallest absolute Gasteiger partial charge is 0.338 e. The van der Waals surface area contributed by atoms with Gasteiger partial charge >= 0.3 is 11.9 Å². The Balaban J connectivity index is 1.81. The second-order valence-corrected chi connectivity index (χ2v) is 6.51. The van der Waals surface area contributed by atoms with Gasteiger partial charge in [-0.1, -0.05) is 17.3 Å². The van der Waals surface area contributed by atoms with Gasteiger partial charge in [-0.25, -0.2) is 18.7 Å². The van der Waals surface area contributed by atoms with Crippen LogP contribution in [0.3, 0.4) is 0 Å². The van der Waals surface area contributed by atoms with Crippen LogP contribution >= 0.6 is 0 Å². The highest BCUT2D eigenvalue weighted by Gasteiger charge is 2.21. The van der Waals surface area contributed by atoms with Crippen molar-refractivity contribution in [1.82, 2.24) is 15.0 Å². The molecule has 0 atom stereocenters. The van der Waals surface area contributed by atoms with E-state index in [9.17, 15) is 18.8 Å². The molecule has 3 rings (SSSR count). The predicted octanol–water partition coefficient (Wildman–Crippen LogP) is 2.60. The molecule has 31 heavy (non-hydrogen) atoms. The molecule has 0 radical (unpaired) electrons. The summed E-state index contributed by atoms with van der Waals surface area (Å²) in [5, 5.41) is 10.5. The molecular weight excluding hydrogens is 407 g/mol. The van der Waals surface area contributed by atoms with Crippen LogP contribution in [0.25, 0.3) is 0 Å². The molecule has 0 aliphatic rings. The van der Waals surface area contributed by atoms with Gasteiger partial charge in [-0.2, -0.15) is 0 Å². The van der Waals surface area contributed by atoms with Crippen molar-refractivity contribution in [2.75, 3.05) is 19.5 Å². The van der Waals surface area contributed by atoms with Gasteiger partial charge in [-0.05, 0) is 42.8 Å². The number of benzene rings is 2. The summed E-state index contributed by atoms with van der Waals surface area (Å²) in [4.78, 5) is 36.6. The number of esters is 2. The monoisotopic (exact) mass is 426 g/mol. The molecule has 0 aliphatic carbocycles. The summed E-state index contributed by atoms with van der Waals surface area (Å²) >= 11 is 0. The highest BCUT2D eigenvalue weighted by Crippen LogP contribution is 2.19. The van der Waals surface area contributed by atoms with Crippen LogP contribution in [0.2, 0.25) is 0 Å². The number of carbonyl (C=O) groups excluding carboxylic acids is 3. The van der Waals surface area contributed by atoms with Crippen molar-refractivity contribution in [2.24, 2.45) is 0 Å². The average Bonchev–Trinajstić information content (AvgIpc) is 3.14. The molecule has 0 fully saturated rings. The third-order valence-corrected chi connectivity index (χ3v) is 4.53. The minimum atomic E-state index is -0.752. The second-order valence-electron chi connectivity index (χ2n) is 6.51. The van der Waals surface area contributed by atoms with E-state index in [-0.39, 0.29) is 28.3 Å². The van der Waals surface area contributed by atoms with Crippen molar-refractivity contribution in [2.45, 2.75) is 13.5 Å². The lowest BCUT2D eigenvalue weighted by atomic mass is 10.1. The summed E-state index contributed by atoms with van der Waals surface area (Å²) in [7, 11) is 2.37. The maximum absolute atomic E-state index is 13.1.